The van der Waals surface area contributed by atoms with Crippen molar-refractivity contribution in [2.24, 2.45) is 5.92 Å². The molecule has 2 aliphatic heterocycles. The van der Waals surface area contributed by atoms with E-state index in [9.17, 15) is 9.59 Å². The normalized spacial score (nSPS) is 22.2. The molecule has 7 heteroatoms. The summed E-state index contributed by atoms with van der Waals surface area (Å²) in [5.41, 5.74) is 0. The Kier molecular flexibility index (Phi) is 8.19. The third-order valence-electron chi connectivity index (χ3n) is 4.89. The van der Waals surface area contributed by atoms with E-state index in [0.717, 1.165) is 31.7 Å². The maximum atomic E-state index is 12.1. The zero-order valence-corrected chi connectivity index (χ0v) is 15.8. The predicted octanol–water partition coefficient (Wildman–Crippen LogP) is 1.59. The lowest BCUT2D eigenvalue weighted by Gasteiger charge is -2.17. The molecule has 144 valence electrons. The van der Waals surface area contributed by atoms with Crippen molar-refractivity contribution in [3.63, 3.8) is 0 Å². The molecule has 2 aliphatic rings. The van der Waals surface area contributed by atoms with Crippen molar-refractivity contribution in [2.75, 3.05) is 32.8 Å². The molecule has 6 nitrogen and oxygen atoms in total. The van der Waals surface area contributed by atoms with E-state index in [-0.39, 0.29) is 30.3 Å². The Bertz CT molecular complexity index is 579. The zero-order chi connectivity index (χ0) is 17.5. The van der Waals surface area contributed by atoms with Gasteiger partial charge in [-0.2, -0.15) is 0 Å². The van der Waals surface area contributed by atoms with Crippen LogP contribution in [0.3, 0.4) is 0 Å². The SMILES string of the molecule is Cl.O=C(CCC1CCNC1)NC1CC(=O)N(CCOc2ccccc2)C1. The molecule has 0 radical (unpaired) electrons. The predicted molar refractivity (Wildman–Crippen MR) is 103 cm³/mol. The fraction of sp³-hybridized carbons (Fsp3) is 0.579. The molecule has 2 unspecified atom stereocenters. The van der Waals surface area contributed by atoms with Crippen LogP contribution in [0, 0.1) is 5.92 Å². The maximum absolute atomic E-state index is 12.1. The first-order valence-corrected chi connectivity index (χ1v) is 9.16. The molecule has 0 bridgehead atoms. The highest BCUT2D eigenvalue weighted by atomic mass is 35.5. The molecule has 0 aliphatic carbocycles. The molecule has 3 rings (SSSR count). The number of ether oxygens (including phenoxy) is 1. The first kappa shape index (κ1) is 20.5. The summed E-state index contributed by atoms with van der Waals surface area (Å²) in [7, 11) is 0. The van der Waals surface area contributed by atoms with Crippen molar-refractivity contribution in [1.82, 2.24) is 15.5 Å². The Morgan fingerprint density at radius 1 is 1.31 bits per heavy atom. The molecule has 2 fully saturated rings. The Morgan fingerprint density at radius 3 is 2.85 bits per heavy atom. The summed E-state index contributed by atoms with van der Waals surface area (Å²) < 4.78 is 5.64. The molecular weight excluding hydrogens is 354 g/mol. The number of likely N-dealkylation sites (tertiary alicyclic amines) is 1. The second-order valence-corrected chi connectivity index (χ2v) is 6.87. The average Bonchev–Trinajstić information content (AvgIpc) is 3.24. The number of hydrogen-bond donors (Lipinski definition) is 2. The third kappa shape index (κ3) is 6.18. The number of rotatable bonds is 8. The monoisotopic (exact) mass is 381 g/mol. The number of carbonyl (C=O) groups is 2. The van der Waals surface area contributed by atoms with Crippen molar-refractivity contribution >= 4 is 24.2 Å². The summed E-state index contributed by atoms with van der Waals surface area (Å²) in [5, 5.41) is 6.33. The van der Waals surface area contributed by atoms with E-state index in [1.807, 2.05) is 30.3 Å². The van der Waals surface area contributed by atoms with Gasteiger partial charge in [-0.3, -0.25) is 9.59 Å². The van der Waals surface area contributed by atoms with Gasteiger partial charge in [0.05, 0.1) is 12.6 Å². The number of amides is 2. The fourth-order valence-electron chi connectivity index (χ4n) is 3.47. The van der Waals surface area contributed by atoms with Crippen LogP contribution in [-0.4, -0.2) is 55.5 Å². The number of benzene rings is 1. The first-order chi connectivity index (χ1) is 12.2. The van der Waals surface area contributed by atoms with Crippen molar-refractivity contribution in [3.05, 3.63) is 30.3 Å². The lowest BCUT2D eigenvalue weighted by atomic mass is 10.0. The van der Waals surface area contributed by atoms with Crippen molar-refractivity contribution < 1.29 is 14.3 Å². The minimum Gasteiger partial charge on any atom is -0.492 e. The molecule has 26 heavy (non-hydrogen) atoms. The third-order valence-corrected chi connectivity index (χ3v) is 4.89. The van der Waals surface area contributed by atoms with Crippen LogP contribution in [0.2, 0.25) is 0 Å². The summed E-state index contributed by atoms with van der Waals surface area (Å²) >= 11 is 0. The van der Waals surface area contributed by atoms with E-state index >= 15 is 0 Å². The second kappa shape index (κ2) is 10.4. The first-order valence-electron chi connectivity index (χ1n) is 9.16. The van der Waals surface area contributed by atoms with Gasteiger partial charge >= 0.3 is 0 Å². The van der Waals surface area contributed by atoms with Gasteiger partial charge in [0.1, 0.15) is 12.4 Å². The van der Waals surface area contributed by atoms with Crippen LogP contribution >= 0.6 is 12.4 Å². The van der Waals surface area contributed by atoms with Crippen LogP contribution in [0.15, 0.2) is 30.3 Å². The zero-order valence-electron chi connectivity index (χ0n) is 15.0. The van der Waals surface area contributed by atoms with Gasteiger partial charge in [-0.1, -0.05) is 18.2 Å². The molecule has 1 aromatic carbocycles. The summed E-state index contributed by atoms with van der Waals surface area (Å²) in [6, 6.07) is 9.50. The van der Waals surface area contributed by atoms with E-state index < -0.39 is 0 Å². The summed E-state index contributed by atoms with van der Waals surface area (Å²) in [4.78, 5) is 25.9. The van der Waals surface area contributed by atoms with Gasteiger partial charge in [-0.05, 0) is 44.0 Å². The Morgan fingerprint density at radius 2 is 2.12 bits per heavy atom. The van der Waals surface area contributed by atoms with Gasteiger partial charge in [0, 0.05) is 19.4 Å². The number of nitrogens with zero attached hydrogens (tertiary/aromatic N) is 1. The van der Waals surface area contributed by atoms with E-state index in [4.69, 9.17) is 4.74 Å². The van der Waals surface area contributed by atoms with Gasteiger partial charge in [0.25, 0.3) is 0 Å². The lowest BCUT2D eigenvalue weighted by Crippen LogP contribution is -2.38. The van der Waals surface area contributed by atoms with Gasteiger partial charge in [-0.15, -0.1) is 12.4 Å². The standard InChI is InChI=1S/C19H27N3O3.ClH/c23-18(7-6-15-8-9-20-13-15)21-16-12-19(24)22(14-16)10-11-25-17-4-2-1-3-5-17;/h1-5,15-16,20H,6-14H2,(H,21,23);1H. The van der Waals surface area contributed by atoms with Crippen LogP contribution < -0.4 is 15.4 Å². The van der Waals surface area contributed by atoms with Crippen molar-refractivity contribution in [2.45, 2.75) is 31.7 Å². The number of para-hydroxylation sites is 1. The highest BCUT2D eigenvalue weighted by Crippen LogP contribution is 2.16. The topological polar surface area (TPSA) is 70.7 Å². The Balaban J connectivity index is 0.00000243. The number of carbonyl (C=O) groups excluding carboxylic acids is 2. The maximum Gasteiger partial charge on any atom is 0.224 e. The quantitative estimate of drug-likeness (QED) is 0.717. The second-order valence-electron chi connectivity index (χ2n) is 6.87. The largest absolute Gasteiger partial charge is 0.492 e. The molecule has 0 saturated carbocycles. The van der Waals surface area contributed by atoms with Gasteiger partial charge in [-0.25, -0.2) is 0 Å². The highest BCUT2D eigenvalue weighted by Gasteiger charge is 2.30. The summed E-state index contributed by atoms with van der Waals surface area (Å²) in [6.07, 6.45) is 3.02. The molecule has 2 N–H and O–H groups in total. The van der Waals surface area contributed by atoms with Crippen molar-refractivity contribution in [3.8, 4) is 5.75 Å². The molecule has 2 atom stereocenters. The fourth-order valence-corrected chi connectivity index (χ4v) is 3.47. The van der Waals surface area contributed by atoms with Gasteiger partial charge in [0.2, 0.25) is 11.8 Å². The van der Waals surface area contributed by atoms with E-state index in [2.05, 4.69) is 10.6 Å². The van der Waals surface area contributed by atoms with Crippen molar-refractivity contribution in [1.29, 1.82) is 0 Å². The molecular formula is C19H28ClN3O3. The molecule has 0 aromatic heterocycles. The van der Waals surface area contributed by atoms with Crippen LogP contribution in [0.1, 0.15) is 25.7 Å². The Hall–Kier alpha value is -1.79. The number of halogens is 1. The molecule has 2 saturated heterocycles. The van der Waals surface area contributed by atoms with Gasteiger partial charge in [0.15, 0.2) is 0 Å². The summed E-state index contributed by atoms with van der Waals surface area (Å²) in [6.45, 7) is 3.67. The number of nitrogens with one attached hydrogen (secondary N) is 2. The van der Waals surface area contributed by atoms with Crippen LogP contribution in [0.4, 0.5) is 0 Å². The average molecular weight is 382 g/mol. The minimum absolute atomic E-state index is 0. The molecule has 0 spiro atoms. The smallest absolute Gasteiger partial charge is 0.224 e. The van der Waals surface area contributed by atoms with Crippen LogP contribution in [0.25, 0.3) is 0 Å². The molecule has 2 heterocycles. The highest BCUT2D eigenvalue weighted by molar-refractivity contribution is 5.85. The van der Waals surface area contributed by atoms with Gasteiger partial charge < -0.3 is 20.3 Å². The van der Waals surface area contributed by atoms with E-state index in [1.165, 1.54) is 0 Å². The molecule has 1 aromatic rings. The Labute approximate surface area is 161 Å². The van der Waals surface area contributed by atoms with E-state index in [0.29, 0.717) is 38.5 Å². The van der Waals surface area contributed by atoms with Crippen LogP contribution in [0.5, 0.6) is 5.75 Å². The van der Waals surface area contributed by atoms with E-state index in [1.54, 1.807) is 4.90 Å². The molecule has 2 amide bonds. The van der Waals surface area contributed by atoms with Crippen LogP contribution in [-0.2, 0) is 9.59 Å². The summed E-state index contributed by atoms with van der Waals surface area (Å²) in [5.74, 6) is 1.57. The minimum atomic E-state index is -0.0709. The lowest BCUT2D eigenvalue weighted by molar-refractivity contribution is -0.128. The number of hydrogen-bond acceptors (Lipinski definition) is 4.